The minimum atomic E-state index is -0.748. The SMILES string of the molecule is C/C1=C/CC(c2ccc3oc(CO)nc3c2)OC(=O)CCC(C)(C)C(=O)[C@H](C)C(O)[C@@H](C)CCC1. The average molecular weight is 486 g/mol. The van der Waals surface area contributed by atoms with Crippen molar-refractivity contribution < 1.29 is 29.0 Å². The summed E-state index contributed by atoms with van der Waals surface area (Å²) in [6.07, 6.45) is 4.49. The minimum Gasteiger partial charge on any atom is -0.457 e. The Kier molecular flexibility index (Phi) is 8.89. The number of ether oxygens (including phenoxy) is 1. The number of ketones is 1. The predicted octanol–water partition coefficient (Wildman–Crippen LogP) is 5.43. The topological polar surface area (TPSA) is 110 Å². The van der Waals surface area contributed by atoms with Gasteiger partial charge in [0.15, 0.2) is 5.58 Å². The third-order valence-corrected chi connectivity index (χ3v) is 7.28. The molecule has 2 aromatic rings. The molecule has 0 spiro atoms. The van der Waals surface area contributed by atoms with Gasteiger partial charge in [-0.3, -0.25) is 9.59 Å². The molecule has 3 rings (SSSR count). The summed E-state index contributed by atoms with van der Waals surface area (Å²) in [5, 5.41) is 20.1. The number of carbonyl (C=O) groups excluding carboxylic acids is 2. The van der Waals surface area contributed by atoms with Gasteiger partial charge in [-0.15, -0.1) is 0 Å². The molecule has 192 valence electrons. The number of fused-ring (bicyclic) bond motifs is 1. The first-order valence-electron chi connectivity index (χ1n) is 12.6. The Morgan fingerprint density at radius 3 is 2.63 bits per heavy atom. The third-order valence-electron chi connectivity index (χ3n) is 7.28. The first kappa shape index (κ1) is 27.1. The fourth-order valence-electron chi connectivity index (χ4n) is 4.82. The second-order valence-electron chi connectivity index (χ2n) is 10.7. The third kappa shape index (κ3) is 6.79. The molecule has 0 saturated carbocycles. The van der Waals surface area contributed by atoms with Crippen LogP contribution in [0.25, 0.3) is 11.1 Å². The molecule has 0 saturated heterocycles. The molecule has 7 heteroatoms. The molecule has 35 heavy (non-hydrogen) atoms. The Balaban J connectivity index is 1.87. The van der Waals surface area contributed by atoms with Crippen LogP contribution in [-0.4, -0.2) is 33.1 Å². The van der Waals surface area contributed by atoms with Crippen LogP contribution in [0.15, 0.2) is 34.3 Å². The molecular weight excluding hydrogens is 446 g/mol. The van der Waals surface area contributed by atoms with E-state index >= 15 is 0 Å². The Hall–Kier alpha value is -2.51. The summed E-state index contributed by atoms with van der Waals surface area (Å²) in [4.78, 5) is 30.3. The van der Waals surface area contributed by atoms with Crippen LogP contribution in [-0.2, 0) is 20.9 Å². The van der Waals surface area contributed by atoms with Gasteiger partial charge in [-0.2, -0.15) is 0 Å². The lowest BCUT2D eigenvalue weighted by molar-refractivity contribution is -0.150. The molecule has 1 aromatic heterocycles. The second-order valence-corrected chi connectivity index (χ2v) is 10.7. The first-order valence-corrected chi connectivity index (χ1v) is 12.6. The van der Waals surface area contributed by atoms with E-state index in [9.17, 15) is 19.8 Å². The van der Waals surface area contributed by atoms with Crippen LogP contribution in [0.2, 0.25) is 0 Å². The highest BCUT2D eigenvalue weighted by molar-refractivity contribution is 5.87. The second kappa shape index (κ2) is 11.5. The summed E-state index contributed by atoms with van der Waals surface area (Å²) in [6.45, 7) is 9.23. The number of cyclic esters (lactones) is 1. The van der Waals surface area contributed by atoms with Crippen molar-refractivity contribution in [2.45, 2.75) is 92.0 Å². The highest BCUT2D eigenvalue weighted by Crippen LogP contribution is 2.33. The summed E-state index contributed by atoms with van der Waals surface area (Å²) in [7, 11) is 0. The zero-order chi connectivity index (χ0) is 25.8. The number of carbonyl (C=O) groups is 2. The molecule has 7 nitrogen and oxygen atoms in total. The van der Waals surface area contributed by atoms with E-state index in [1.54, 1.807) is 13.0 Å². The Morgan fingerprint density at radius 2 is 1.91 bits per heavy atom. The molecule has 0 aliphatic carbocycles. The molecule has 1 aromatic carbocycles. The van der Waals surface area contributed by atoms with Crippen LogP contribution in [0, 0.1) is 17.3 Å². The van der Waals surface area contributed by atoms with Crippen molar-refractivity contribution in [3.8, 4) is 0 Å². The number of allylic oxidation sites excluding steroid dienone is 1. The van der Waals surface area contributed by atoms with Crippen LogP contribution in [0.1, 0.15) is 90.7 Å². The average Bonchev–Trinajstić information content (AvgIpc) is 3.25. The molecule has 2 unspecified atom stereocenters. The van der Waals surface area contributed by atoms with Crippen molar-refractivity contribution in [2.24, 2.45) is 17.3 Å². The van der Waals surface area contributed by atoms with Gasteiger partial charge < -0.3 is 19.4 Å². The van der Waals surface area contributed by atoms with Crippen molar-refractivity contribution in [3.63, 3.8) is 0 Å². The van der Waals surface area contributed by atoms with E-state index in [4.69, 9.17) is 9.15 Å². The number of esters is 1. The molecule has 0 fully saturated rings. The quantitative estimate of drug-likeness (QED) is 0.431. The van der Waals surface area contributed by atoms with E-state index in [2.05, 4.69) is 18.0 Å². The number of aliphatic hydroxyl groups excluding tert-OH is 2. The largest absolute Gasteiger partial charge is 0.457 e. The number of hydrogen-bond acceptors (Lipinski definition) is 7. The molecule has 0 bridgehead atoms. The Labute approximate surface area is 207 Å². The van der Waals surface area contributed by atoms with Gasteiger partial charge in [0.25, 0.3) is 0 Å². The smallest absolute Gasteiger partial charge is 0.306 e. The van der Waals surface area contributed by atoms with Crippen LogP contribution in [0.3, 0.4) is 0 Å². The van der Waals surface area contributed by atoms with E-state index in [-0.39, 0.29) is 36.6 Å². The fraction of sp³-hybridized carbons (Fsp3) is 0.607. The molecule has 2 heterocycles. The van der Waals surface area contributed by atoms with E-state index in [0.717, 1.165) is 24.8 Å². The highest BCUT2D eigenvalue weighted by Gasteiger charge is 2.37. The number of oxazole rings is 1. The Morgan fingerprint density at radius 1 is 1.17 bits per heavy atom. The van der Waals surface area contributed by atoms with Gasteiger partial charge in [-0.05, 0) is 56.2 Å². The molecule has 1 aliphatic heterocycles. The summed E-state index contributed by atoms with van der Waals surface area (Å²) < 4.78 is 11.4. The van der Waals surface area contributed by atoms with Gasteiger partial charge in [0.2, 0.25) is 5.89 Å². The van der Waals surface area contributed by atoms with E-state index in [1.165, 1.54) is 5.57 Å². The van der Waals surface area contributed by atoms with Crippen molar-refractivity contribution >= 4 is 22.9 Å². The normalized spacial score (nSPS) is 28.9. The molecule has 2 N–H and O–H groups in total. The summed E-state index contributed by atoms with van der Waals surface area (Å²) >= 11 is 0. The van der Waals surface area contributed by atoms with Crippen LogP contribution in [0.4, 0.5) is 0 Å². The van der Waals surface area contributed by atoms with Gasteiger partial charge in [-0.25, -0.2) is 4.98 Å². The van der Waals surface area contributed by atoms with Gasteiger partial charge in [0.1, 0.15) is 24.0 Å². The predicted molar refractivity (Wildman–Crippen MR) is 133 cm³/mol. The maximum atomic E-state index is 13.2. The molecular formula is C28H39NO6. The fourth-order valence-corrected chi connectivity index (χ4v) is 4.82. The lowest BCUT2D eigenvalue weighted by atomic mass is 9.74. The minimum absolute atomic E-state index is 0.0150. The maximum Gasteiger partial charge on any atom is 0.306 e. The van der Waals surface area contributed by atoms with Crippen LogP contribution >= 0.6 is 0 Å². The Bertz CT molecular complexity index is 1070. The van der Waals surface area contributed by atoms with Gasteiger partial charge >= 0.3 is 5.97 Å². The molecule has 0 radical (unpaired) electrons. The lowest BCUT2D eigenvalue weighted by Crippen LogP contribution is -2.39. The van der Waals surface area contributed by atoms with Crippen molar-refractivity contribution in [3.05, 3.63) is 41.3 Å². The summed E-state index contributed by atoms with van der Waals surface area (Å²) in [5.41, 5.74) is 2.41. The van der Waals surface area contributed by atoms with Crippen molar-refractivity contribution in [1.29, 1.82) is 0 Å². The molecule has 0 amide bonds. The molecule has 1 aliphatic rings. The number of nitrogens with zero attached hydrogens (tertiary/aromatic N) is 1. The zero-order valence-corrected chi connectivity index (χ0v) is 21.5. The first-order chi connectivity index (χ1) is 16.5. The van der Waals surface area contributed by atoms with E-state index < -0.39 is 23.5 Å². The van der Waals surface area contributed by atoms with Crippen LogP contribution < -0.4 is 0 Å². The number of Topliss-reactive ketones (excluding diaryl/α,β-unsaturated/α-hetero) is 1. The summed E-state index contributed by atoms with van der Waals surface area (Å²) in [6, 6.07) is 5.46. The zero-order valence-electron chi connectivity index (χ0n) is 21.5. The van der Waals surface area contributed by atoms with Crippen LogP contribution in [0.5, 0.6) is 0 Å². The van der Waals surface area contributed by atoms with E-state index in [1.807, 2.05) is 32.9 Å². The number of benzene rings is 1. The van der Waals surface area contributed by atoms with Gasteiger partial charge in [-0.1, -0.05) is 45.4 Å². The van der Waals surface area contributed by atoms with E-state index in [0.29, 0.717) is 23.9 Å². The lowest BCUT2D eigenvalue weighted by Gasteiger charge is -2.31. The number of hydrogen-bond donors (Lipinski definition) is 2. The number of aromatic nitrogens is 1. The maximum absolute atomic E-state index is 13.2. The molecule has 4 atom stereocenters. The van der Waals surface area contributed by atoms with Gasteiger partial charge in [0, 0.05) is 24.2 Å². The van der Waals surface area contributed by atoms with Crippen molar-refractivity contribution in [1.82, 2.24) is 4.98 Å². The standard InChI is InChI=1S/C28H39NO6/c1-17-7-6-8-18(2)26(32)19(3)27(33)28(4,5)14-13-25(31)35-22(11-9-17)20-10-12-23-21(15-20)29-24(16-30)34-23/h9-10,12,15,18-19,22,26,30,32H,6-8,11,13-14,16H2,1-5H3/b17-9-/t18-,19+,22?,26?/m0/s1. The highest BCUT2D eigenvalue weighted by atomic mass is 16.5. The van der Waals surface area contributed by atoms with Crippen molar-refractivity contribution in [2.75, 3.05) is 0 Å². The number of rotatable bonds is 2. The summed E-state index contributed by atoms with van der Waals surface area (Å²) in [5.74, 6) is -0.636. The van der Waals surface area contributed by atoms with Gasteiger partial charge in [0.05, 0.1) is 6.10 Å². The monoisotopic (exact) mass is 485 g/mol. The number of aliphatic hydroxyl groups is 2.